The molecule has 140 valence electrons. The highest BCUT2D eigenvalue weighted by Crippen LogP contribution is 2.27. The highest BCUT2D eigenvalue weighted by Gasteiger charge is 2.22. The number of pyridine rings is 2. The predicted molar refractivity (Wildman–Crippen MR) is 106 cm³/mol. The molecule has 1 amide bonds. The molecule has 27 heavy (non-hydrogen) atoms. The maximum Gasteiger partial charge on any atom is 0.267 e. The fourth-order valence-corrected chi connectivity index (χ4v) is 3.22. The highest BCUT2D eigenvalue weighted by atomic mass is 16.3. The Labute approximate surface area is 157 Å². The number of rotatable bonds is 5. The van der Waals surface area contributed by atoms with Gasteiger partial charge >= 0.3 is 0 Å². The van der Waals surface area contributed by atoms with Crippen LogP contribution in [-0.4, -0.2) is 20.6 Å². The lowest BCUT2D eigenvalue weighted by atomic mass is 10.1. The molecule has 1 aromatic carbocycles. The Morgan fingerprint density at radius 3 is 2.67 bits per heavy atom. The van der Waals surface area contributed by atoms with E-state index in [1.807, 2.05) is 32.9 Å². The van der Waals surface area contributed by atoms with Crippen molar-refractivity contribution in [3.63, 3.8) is 0 Å². The molecule has 0 saturated carbocycles. The minimum atomic E-state index is -0.661. The van der Waals surface area contributed by atoms with Gasteiger partial charge in [0.1, 0.15) is 17.1 Å². The van der Waals surface area contributed by atoms with Gasteiger partial charge in [0.25, 0.3) is 11.5 Å². The van der Waals surface area contributed by atoms with E-state index >= 15 is 0 Å². The summed E-state index contributed by atoms with van der Waals surface area (Å²) in [6, 6.07) is 10.7. The minimum Gasteiger partial charge on any atom is -0.506 e. The van der Waals surface area contributed by atoms with Crippen LogP contribution in [0.5, 0.6) is 5.75 Å². The number of hydrogen-bond acceptors (Lipinski definition) is 4. The van der Waals surface area contributed by atoms with Crippen molar-refractivity contribution in [3.8, 4) is 5.75 Å². The van der Waals surface area contributed by atoms with E-state index in [1.54, 1.807) is 28.8 Å². The Hall–Kier alpha value is -3.15. The van der Waals surface area contributed by atoms with Gasteiger partial charge in [-0.1, -0.05) is 25.5 Å². The third-order valence-corrected chi connectivity index (χ3v) is 4.45. The number of unbranched alkanes of at least 4 members (excludes halogenated alkanes) is 1. The van der Waals surface area contributed by atoms with Crippen molar-refractivity contribution in [2.45, 2.75) is 40.2 Å². The third-order valence-electron chi connectivity index (χ3n) is 4.45. The molecule has 6 nitrogen and oxygen atoms in total. The normalized spacial score (nSPS) is 10.9. The van der Waals surface area contributed by atoms with Crippen LogP contribution in [0.4, 0.5) is 5.82 Å². The smallest absolute Gasteiger partial charge is 0.267 e. The average Bonchev–Trinajstić information content (AvgIpc) is 2.61. The molecule has 0 unspecified atom stereocenters. The van der Waals surface area contributed by atoms with Crippen LogP contribution in [0.25, 0.3) is 10.9 Å². The minimum absolute atomic E-state index is 0.259. The highest BCUT2D eigenvalue weighted by molar-refractivity contribution is 6.08. The lowest BCUT2D eigenvalue weighted by Crippen LogP contribution is -2.30. The van der Waals surface area contributed by atoms with Gasteiger partial charge in [0, 0.05) is 17.6 Å². The Morgan fingerprint density at radius 1 is 1.22 bits per heavy atom. The van der Waals surface area contributed by atoms with Crippen LogP contribution in [0.2, 0.25) is 0 Å². The molecule has 0 atom stereocenters. The summed E-state index contributed by atoms with van der Waals surface area (Å²) in [6.07, 6.45) is 1.71. The van der Waals surface area contributed by atoms with Gasteiger partial charge < -0.3 is 15.0 Å². The van der Waals surface area contributed by atoms with E-state index in [9.17, 15) is 14.7 Å². The molecule has 2 aromatic heterocycles. The number of aromatic nitrogens is 2. The molecule has 6 heteroatoms. The van der Waals surface area contributed by atoms with Crippen molar-refractivity contribution in [1.82, 2.24) is 9.55 Å². The van der Waals surface area contributed by atoms with E-state index in [1.165, 1.54) is 0 Å². The Morgan fingerprint density at radius 2 is 1.96 bits per heavy atom. The van der Waals surface area contributed by atoms with Gasteiger partial charge in [-0.25, -0.2) is 4.98 Å². The fourth-order valence-electron chi connectivity index (χ4n) is 3.22. The summed E-state index contributed by atoms with van der Waals surface area (Å²) >= 11 is 0. The molecule has 2 heterocycles. The van der Waals surface area contributed by atoms with Crippen molar-refractivity contribution in [2.75, 3.05) is 5.32 Å². The maximum atomic E-state index is 13.0. The second-order valence-corrected chi connectivity index (χ2v) is 6.68. The Kier molecular flexibility index (Phi) is 5.26. The van der Waals surface area contributed by atoms with Crippen LogP contribution in [0.15, 0.2) is 41.2 Å². The first kappa shape index (κ1) is 18.6. The largest absolute Gasteiger partial charge is 0.506 e. The van der Waals surface area contributed by atoms with Crippen molar-refractivity contribution in [3.05, 3.63) is 63.6 Å². The zero-order chi connectivity index (χ0) is 19.6. The van der Waals surface area contributed by atoms with E-state index in [-0.39, 0.29) is 11.3 Å². The van der Waals surface area contributed by atoms with Crippen LogP contribution in [-0.2, 0) is 6.54 Å². The summed E-state index contributed by atoms with van der Waals surface area (Å²) in [6.45, 7) is 6.24. The fraction of sp³-hybridized carbons (Fsp3) is 0.286. The van der Waals surface area contributed by atoms with E-state index in [4.69, 9.17) is 0 Å². The maximum absolute atomic E-state index is 13.0. The average molecular weight is 365 g/mol. The number of benzene rings is 1. The van der Waals surface area contributed by atoms with Gasteiger partial charge in [-0.05, 0) is 50.1 Å². The Balaban J connectivity index is 2.12. The number of carbonyl (C=O) groups is 1. The lowest BCUT2D eigenvalue weighted by molar-refractivity contribution is 0.102. The van der Waals surface area contributed by atoms with Gasteiger partial charge in [0.2, 0.25) is 0 Å². The van der Waals surface area contributed by atoms with Crippen LogP contribution in [0.3, 0.4) is 0 Å². The summed E-state index contributed by atoms with van der Waals surface area (Å²) in [5, 5.41) is 13.8. The van der Waals surface area contributed by atoms with Crippen LogP contribution in [0.1, 0.15) is 41.4 Å². The lowest BCUT2D eigenvalue weighted by Gasteiger charge is -2.15. The van der Waals surface area contributed by atoms with E-state index < -0.39 is 11.5 Å². The first-order valence-electron chi connectivity index (χ1n) is 9.03. The van der Waals surface area contributed by atoms with Crippen molar-refractivity contribution >= 4 is 22.6 Å². The Bertz CT molecular complexity index is 1050. The number of aromatic hydroxyl groups is 1. The van der Waals surface area contributed by atoms with Crippen molar-refractivity contribution in [2.24, 2.45) is 0 Å². The van der Waals surface area contributed by atoms with Gasteiger partial charge in [0.05, 0.1) is 5.52 Å². The zero-order valence-corrected chi connectivity index (χ0v) is 15.7. The van der Waals surface area contributed by atoms with Crippen LogP contribution < -0.4 is 10.9 Å². The molecule has 0 aliphatic heterocycles. The standard InChI is InChI=1S/C21H23N3O3/c1-4-5-10-24-16-9-7-6-8-15(16)19(25)18(21(24)27)20(26)23-17-12-13(2)11-14(3)22-17/h6-9,11-12,25H,4-5,10H2,1-3H3,(H,22,23,26). The van der Waals surface area contributed by atoms with Gasteiger partial charge in [-0.2, -0.15) is 0 Å². The summed E-state index contributed by atoms with van der Waals surface area (Å²) in [4.78, 5) is 30.1. The topological polar surface area (TPSA) is 84.2 Å². The molecule has 3 rings (SSSR count). The molecular formula is C21H23N3O3. The predicted octanol–water partition coefficient (Wildman–Crippen LogP) is 3.77. The molecular weight excluding hydrogens is 342 g/mol. The quantitative estimate of drug-likeness (QED) is 0.721. The second kappa shape index (κ2) is 7.61. The van der Waals surface area contributed by atoms with Crippen molar-refractivity contribution in [1.29, 1.82) is 0 Å². The molecule has 0 bridgehead atoms. The molecule has 0 aliphatic carbocycles. The van der Waals surface area contributed by atoms with Gasteiger partial charge in [-0.3, -0.25) is 9.59 Å². The number of hydrogen-bond donors (Lipinski definition) is 2. The molecule has 0 aliphatic rings. The van der Waals surface area contributed by atoms with Gasteiger partial charge in [-0.15, -0.1) is 0 Å². The molecule has 3 aromatic rings. The zero-order valence-electron chi connectivity index (χ0n) is 15.7. The molecule has 0 spiro atoms. The van der Waals surface area contributed by atoms with E-state index in [0.29, 0.717) is 23.3 Å². The summed E-state index contributed by atoms with van der Waals surface area (Å²) in [7, 11) is 0. The number of nitrogens with zero attached hydrogens (tertiary/aromatic N) is 2. The SMILES string of the molecule is CCCCn1c(=O)c(C(=O)Nc2cc(C)cc(C)n2)c(O)c2ccccc21. The first-order chi connectivity index (χ1) is 12.9. The second-order valence-electron chi connectivity index (χ2n) is 6.68. The number of anilines is 1. The number of para-hydroxylation sites is 1. The number of carbonyl (C=O) groups excluding carboxylic acids is 1. The molecule has 0 saturated heterocycles. The molecule has 2 N–H and O–H groups in total. The number of nitrogens with one attached hydrogen (secondary N) is 1. The van der Waals surface area contributed by atoms with E-state index in [0.717, 1.165) is 24.1 Å². The number of fused-ring (bicyclic) bond motifs is 1. The summed E-state index contributed by atoms with van der Waals surface area (Å²) < 4.78 is 1.56. The summed E-state index contributed by atoms with van der Waals surface area (Å²) in [5.74, 6) is -0.610. The molecule has 0 fully saturated rings. The van der Waals surface area contributed by atoms with E-state index in [2.05, 4.69) is 10.3 Å². The van der Waals surface area contributed by atoms with Gasteiger partial charge in [0.15, 0.2) is 0 Å². The van der Waals surface area contributed by atoms with Crippen LogP contribution in [0, 0.1) is 13.8 Å². The molecule has 0 radical (unpaired) electrons. The monoisotopic (exact) mass is 365 g/mol. The van der Waals surface area contributed by atoms with Crippen LogP contribution >= 0.6 is 0 Å². The van der Waals surface area contributed by atoms with Crippen molar-refractivity contribution < 1.29 is 9.90 Å². The third kappa shape index (κ3) is 3.69. The number of aryl methyl sites for hydroxylation is 3. The first-order valence-corrected chi connectivity index (χ1v) is 9.03. The summed E-state index contributed by atoms with van der Waals surface area (Å²) in [5.41, 5.74) is 1.57. The number of amides is 1.